The Morgan fingerprint density at radius 2 is 0.953 bits per heavy atom. The summed E-state index contributed by atoms with van der Waals surface area (Å²) in [7, 11) is 6.07. The minimum Gasteiger partial charge on any atom is -0.447 e. The number of carbonyl (C=O) groups excluding carboxylic acids is 8. The molecule has 38 heteroatoms. The molecule has 2 N–H and O–H groups in total. The number of imide groups is 1. The summed E-state index contributed by atoms with van der Waals surface area (Å²) < 4.78 is 164. The van der Waals surface area contributed by atoms with E-state index < -0.39 is 118 Å². The van der Waals surface area contributed by atoms with Gasteiger partial charge in [-0.25, -0.2) is 46.3 Å². The monoisotopic (exact) mass is 1560 g/mol. The Balaban J connectivity index is 0.000000737. The summed E-state index contributed by atoms with van der Waals surface area (Å²) in [5, 5.41) is 15.5. The molecule has 1 aliphatic rings. The molecule has 1 saturated heterocycles. The Bertz CT molecular complexity index is 2920. The van der Waals surface area contributed by atoms with Crippen molar-refractivity contribution in [1.82, 2.24) is 15.7 Å². The molecule has 0 saturated carbocycles. The highest BCUT2D eigenvalue weighted by molar-refractivity contribution is 7.99. The van der Waals surface area contributed by atoms with Crippen molar-refractivity contribution >= 4 is 65.5 Å². The van der Waals surface area contributed by atoms with Crippen LogP contribution in [0, 0.1) is 70.7 Å². The zero-order valence-corrected chi connectivity index (χ0v) is 62.7. The topological polar surface area (TPSA) is 364 Å². The highest BCUT2D eigenvalue weighted by atomic mass is 32.2. The number of methoxy groups -OCH3 is 4. The normalized spacial score (nSPS) is 12.7. The van der Waals surface area contributed by atoms with E-state index in [9.17, 15) is 74.8 Å². The van der Waals surface area contributed by atoms with Gasteiger partial charge in [-0.3, -0.25) is 19.7 Å². The number of ether oxygens (including phenoxy) is 16. The average molecular weight is 1560 g/mol. The maximum absolute atomic E-state index is 14.2. The van der Waals surface area contributed by atoms with Crippen molar-refractivity contribution in [2.75, 3.05) is 165 Å². The summed E-state index contributed by atoms with van der Waals surface area (Å²) in [5.74, 6) is -13.4. The number of thioether (sulfide) groups is 1. The molecule has 1 fully saturated rings. The van der Waals surface area contributed by atoms with Gasteiger partial charge in [0.2, 0.25) is 23.1 Å². The molecule has 1 heterocycles. The fourth-order valence-corrected chi connectivity index (χ4v) is 8.44. The maximum atomic E-state index is 14.2. The molecule has 107 heavy (non-hydrogen) atoms. The van der Waals surface area contributed by atoms with Gasteiger partial charge in [-0.15, -0.1) is 5.06 Å². The SMILES string of the molecule is CCC(C)COC(=O)Oc1ccc([N+](=O)[O-])cc1.CCC(C)COCCCCCC(=O)ON1C(=O)CCC1=O.COCCOCCOC(=O)N[C@@H](CSCCOCCOC)C(=O)Oc1c(F)c(C)cc(F)c1F.COCCOCCOC[C@H](NC(=O)OCCOCCOC)C(=O)Oc1c(F)c(C)cc(F)c1F. The minimum atomic E-state index is -1.68. The second-order valence-electron chi connectivity index (χ2n) is 22.7. The first-order valence-electron chi connectivity index (χ1n) is 33.9. The lowest BCUT2D eigenvalue weighted by Crippen LogP contribution is -2.46. The zero-order valence-electron chi connectivity index (χ0n) is 61.9. The Morgan fingerprint density at radius 3 is 1.43 bits per heavy atom. The molecule has 0 radical (unpaired) electrons. The Hall–Kier alpha value is -8.05. The molecule has 3 aromatic rings. The minimum absolute atomic E-state index is 0.0244. The summed E-state index contributed by atoms with van der Waals surface area (Å²) in [4.78, 5) is 109. The number of hydrogen-bond donors (Lipinski definition) is 2. The van der Waals surface area contributed by atoms with E-state index in [-0.39, 0.29) is 93.1 Å². The number of nitro groups is 1. The van der Waals surface area contributed by atoms with Gasteiger partial charge in [-0.05, 0) is 73.9 Å². The van der Waals surface area contributed by atoms with Crippen LogP contribution < -0.4 is 24.8 Å². The third kappa shape index (κ3) is 43.5. The molecule has 4 amide bonds. The van der Waals surface area contributed by atoms with Crippen LogP contribution in [0.5, 0.6) is 17.2 Å². The van der Waals surface area contributed by atoms with Crippen LogP contribution in [0.2, 0.25) is 0 Å². The van der Waals surface area contributed by atoms with Crippen LogP contribution in [0.25, 0.3) is 0 Å². The van der Waals surface area contributed by atoms with Gasteiger partial charge in [0, 0.05) is 84.6 Å². The lowest BCUT2D eigenvalue weighted by molar-refractivity contribution is -0.384. The molecule has 0 aromatic heterocycles. The van der Waals surface area contributed by atoms with E-state index in [1.54, 1.807) is 0 Å². The number of benzene rings is 3. The lowest BCUT2D eigenvalue weighted by Gasteiger charge is -2.18. The van der Waals surface area contributed by atoms with Crippen LogP contribution in [-0.2, 0) is 90.4 Å². The van der Waals surface area contributed by atoms with Gasteiger partial charge in [0.1, 0.15) is 25.0 Å². The third-order valence-electron chi connectivity index (χ3n) is 14.0. The van der Waals surface area contributed by atoms with E-state index in [0.29, 0.717) is 108 Å². The molecule has 4 rings (SSSR count). The number of hydrogen-bond acceptors (Lipinski definition) is 28. The largest absolute Gasteiger partial charge is 0.513 e. The molecule has 3 aromatic carbocycles. The van der Waals surface area contributed by atoms with E-state index >= 15 is 0 Å². The smallest absolute Gasteiger partial charge is 0.447 e. The summed E-state index contributed by atoms with van der Waals surface area (Å²) >= 11 is 1.22. The number of halogens is 6. The maximum Gasteiger partial charge on any atom is 0.513 e. The lowest BCUT2D eigenvalue weighted by atomic mass is 10.1. The molecular formula is C69H100F6N4O27S. The van der Waals surface area contributed by atoms with Crippen molar-refractivity contribution in [3.05, 3.63) is 92.5 Å². The molecular weight excluding hydrogens is 1460 g/mol. The highest BCUT2D eigenvalue weighted by Crippen LogP contribution is 2.29. The summed E-state index contributed by atoms with van der Waals surface area (Å²) in [6.45, 7) is 15.2. The summed E-state index contributed by atoms with van der Waals surface area (Å²) in [6, 6.07) is 3.62. The van der Waals surface area contributed by atoms with Gasteiger partial charge < -0.3 is 91.3 Å². The number of aryl methyl sites for hydroxylation is 2. The Kier molecular flexibility index (Phi) is 53.4. The number of carbonyl (C=O) groups is 8. The molecule has 0 spiro atoms. The third-order valence-corrected chi connectivity index (χ3v) is 15.0. The van der Waals surface area contributed by atoms with Crippen molar-refractivity contribution in [3.63, 3.8) is 0 Å². The van der Waals surface area contributed by atoms with Crippen molar-refractivity contribution in [2.24, 2.45) is 11.8 Å². The van der Waals surface area contributed by atoms with Gasteiger partial charge in [0.25, 0.3) is 17.5 Å². The number of nitrogens with zero attached hydrogens (tertiary/aromatic N) is 2. The number of unbranched alkanes of at least 4 members (excludes halogenated alkanes) is 2. The molecule has 0 bridgehead atoms. The second kappa shape index (κ2) is 59.0. The first-order chi connectivity index (χ1) is 51.2. The molecule has 4 atom stereocenters. The van der Waals surface area contributed by atoms with Crippen LogP contribution in [-0.4, -0.2) is 236 Å². The van der Waals surface area contributed by atoms with Crippen molar-refractivity contribution < 1.29 is 150 Å². The second-order valence-corrected chi connectivity index (χ2v) is 23.9. The number of nitro benzene ring substituents is 1. The standard InChI is InChI=1S/C21H30F3NO9.C21H30F3NO8S.C15H25NO5.C12H15NO5/c1-14-12-15(22)18(24)19(17(14)23)34-20(26)16(13-32-9-8-30-6-4-28-2)25-21(27)33-11-10-31-7-5-29-3;1-14-12-15(22)18(24)19(17(14)23)33-20(26)16(13-34-11-10-31-7-5-29-3)25-21(27)32-9-8-30-6-4-28-2;1-3-12(2)11-20-10-6-4-5-7-15(19)21-16-13(17)8-9-14(16)18;1-3-9(2)8-17-12(14)18-11-6-4-10(5-7-11)13(15)16/h2*12,16H,4-11,13H2,1-3H3,(H,25,27);12H,3-11H2,1-2H3;4-7,9H,3,8H2,1-2H3/t2*16-;;/m00../s1. The van der Waals surface area contributed by atoms with Crippen molar-refractivity contribution in [2.45, 2.75) is 105 Å². The fraction of sp³-hybridized carbons (Fsp3) is 0.623. The number of rotatable bonds is 49. The number of nitrogens with one attached hydrogen (secondary N) is 2. The van der Waals surface area contributed by atoms with E-state index in [1.807, 2.05) is 13.8 Å². The van der Waals surface area contributed by atoms with Crippen molar-refractivity contribution in [3.8, 4) is 17.2 Å². The number of alkyl carbamates (subject to hydrolysis) is 2. The van der Waals surface area contributed by atoms with Gasteiger partial charge in [0.05, 0.1) is 104 Å². The number of amides is 4. The zero-order chi connectivity index (χ0) is 79.9. The average Bonchev–Trinajstić information content (AvgIpc) is 1.71. The predicted molar refractivity (Wildman–Crippen MR) is 369 cm³/mol. The number of non-ortho nitro benzene ring substituents is 1. The van der Waals surface area contributed by atoms with Crippen LogP contribution in [0.3, 0.4) is 0 Å². The van der Waals surface area contributed by atoms with Crippen LogP contribution in [0.4, 0.5) is 46.4 Å². The number of esters is 2. The van der Waals surface area contributed by atoms with Gasteiger partial charge in [-0.1, -0.05) is 47.0 Å². The van der Waals surface area contributed by atoms with Crippen LogP contribution in [0.15, 0.2) is 36.4 Å². The first kappa shape index (κ1) is 97.0. The summed E-state index contributed by atoms with van der Waals surface area (Å²) in [5.41, 5.74) is -0.583. The van der Waals surface area contributed by atoms with Gasteiger partial charge in [-0.2, -0.15) is 20.5 Å². The molecule has 2 unspecified atom stereocenters. The fourth-order valence-electron chi connectivity index (χ4n) is 7.58. The van der Waals surface area contributed by atoms with Gasteiger partial charge in [0.15, 0.2) is 29.3 Å². The molecule has 0 aliphatic carbocycles. The molecule has 606 valence electrons. The Labute approximate surface area is 621 Å². The van der Waals surface area contributed by atoms with Crippen LogP contribution in [0.1, 0.15) is 90.2 Å². The van der Waals surface area contributed by atoms with E-state index in [1.165, 1.54) is 78.3 Å². The molecule has 1 aliphatic heterocycles. The Morgan fingerprint density at radius 1 is 0.523 bits per heavy atom. The summed E-state index contributed by atoms with van der Waals surface area (Å²) in [6.07, 6.45) is 2.10. The van der Waals surface area contributed by atoms with E-state index in [0.717, 1.165) is 32.3 Å². The van der Waals surface area contributed by atoms with Gasteiger partial charge >= 0.3 is 36.2 Å². The predicted octanol–water partition coefficient (Wildman–Crippen LogP) is 9.60. The number of hydroxylamine groups is 2. The van der Waals surface area contributed by atoms with E-state index in [4.69, 9.17) is 80.6 Å². The molecule has 31 nitrogen and oxygen atoms in total. The van der Waals surface area contributed by atoms with Crippen LogP contribution >= 0.6 is 11.8 Å². The first-order valence-corrected chi connectivity index (χ1v) is 35.1. The highest BCUT2D eigenvalue weighted by Gasteiger charge is 2.33. The van der Waals surface area contributed by atoms with Crippen molar-refractivity contribution in [1.29, 1.82) is 0 Å². The van der Waals surface area contributed by atoms with E-state index in [2.05, 4.69) is 24.5 Å². The quantitative estimate of drug-likeness (QED) is 0.00507.